The molecule has 0 aliphatic rings. The Morgan fingerprint density at radius 1 is 0.943 bits per heavy atom. The molecule has 0 aromatic heterocycles. The Hall–Kier alpha value is -3.11. The van der Waals surface area contributed by atoms with Gasteiger partial charge in [0.2, 0.25) is 10.0 Å². The summed E-state index contributed by atoms with van der Waals surface area (Å²) < 4.78 is 36.4. The fraction of sp³-hybridized carbons (Fsp3) is 0.308. The number of hydrogen-bond acceptors (Lipinski definition) is 7. The number of aromatic hydroxyl groups is 1. The second-order valence-corrected chi connectivity index (χ2v) is 9.90. The van der Waals surface area contributed by atoms with E-state index in [1.54, 1.807) is 6.07 Å². The summed E-state index contributed by atoms with van der Waals surface area (Å²) in [5.41, 5.74) is 2.79. The molecule has 1 atom stereocenters. The summed E-state index contributed by atoms with van der Waals surface area (Å²) in [4.78, 5) is 0. The van der Waals surface area contributed by atoms with Crippen LogP contribution in [0.25, 0.3) is 0 Å². The highest BCUT2D eigenvalue weighted by Crippen LogP contribution is 2.27. The number of phenols is 1. The summed E-state index contributed by atoms with van der Waals surface area (Å²) in [7, 11) is -3.54. The average molecular weight is 501 g/mol. The molecule has 0 bridgehead atoms. The predicted molar refractivity (Wildman–Crippen MR) is 136 cm³/mol. The number of benzene rings is 3. The smallest absolute Gasteiger partial charge is 0.229 e. The zero-order valence-corrected chi connectivity index (χ0v) is 20.5. The minimum absolute atomic E-state index is 0.0362. The normalized spacial score (nSPS) is 12.3. The third-order valence-electron chi connectivity index (χ3n) is 5.16. The molecule has 0 saturated heterocycles. The highest BCUT2D eigenvalue weighted by Gasteiger charge is 2.12. The molecule has 3 aromatic carbocycles. The van der Waals surface area contributed by atoms with Crippen LogP contribution >= 0.6 is 0 Å². The van der Waals surface area contributed by atoms with Crippen molar-refractivity contribution >= 4 is 15.7 Å². The van der Waals surface area contributed by atoms with Crippen LogP contribution in [0.15, 0.2) is 72.8 Å². The SMILES string of the molecule is CS(=O)(=O)Nc1cc(C(O)CNCCc2ccc(OCCOCc3ccccc3)cc2)ccc1O. The summed E-state index contributed by atoms with van der Waals surface area (Å²) >= 11 is 0. The van der Waals surface area contributed by atoms with Crippen molar-refractivity contribution in [2.45, 2.75) is 19.1 Å². The molecule has 0 saturated carbocycles. The lowest BCUT2D eigenvalue weighted by molar-refractivity contribution is 0.0889. The quantitative estimate of drug-likeness (QED) is 0.198. The molecular weight excluding hydrogens is 468 g/mol. The molecule has 3 rings (SSSR count). The standard InChI is InChI=1S/C26H32N2O6S/c1-35(31,32)28-24-17-22(9-12-25(24)29)26(30)18-27-14-13-20-7-10-23(11-8-20)34-16-15-33-19-21-5-3-2-4-6-21/h2-12,17,26-30H,13-16,18-19H2,1H3. The molecule has 3 aromatic rings. The molecule has 4 N–H and O–H groups in total. The summed E-state index contributed by atoms with van der Waals surface area (Å²) in [5, 5.41) is 23.4. The topological polar surface area (TPSA) is 117 Å². The van der Waals surface area contributed by atoms with Gasteiger partial charge in [-0.25, -0.2) is 8.42 Å². The van der Waals surface area contributed by atoms with Crippen LogP contribution in [0.1, 0.15) is 22.8 Å². The number of aliphatic hydroxyl groups excluding tert-OH is 1. The zero-order chi connectivity index (χ0) is 25.1. The highest BCUT2D eigenvalue weighted by molar-refractivity contribution is 7.92. The van der Waals surface area contributed by atoms with Crippen LogP contribution in [0.5, 0.6) is 11.5 Å². The molecule has 0 spiro atoms. The van der Waals surface area contributed by atoms with Crippen LogP contribution in [0, 0.1) is 0 Å². The number of anilines is 1. The summed E-state index contributed by atoms with van der Waals surface area (Å²) in [5.74, 6) is 0.581. The number of sulfonamides is 1. The van der Waals surface area contributed by atoms with E-state index in [-0.39, 0.29) is 18.0 Å². The Bertz CT molecular complexity index is 1150. The number of rotatable bonds is 14. The molecule has 0 heterocycles. The number of ether oxygens (including phenoxy) is 2. The van der Waals surface area contributed by atoms with E-state index in [9.17, 15) is 18.6 Å². The maximum Gasteiger partial charge on any atom is 0.229 e. The van der Waals surface area contributed by atoms with E-state index in [1.165, 1.54) is 12.1 Å². The Labute approximate surface area is 206 Å². The van der Waals surface area contributed by atoms with Gasteiger partial charge in [0.05, 0.1) is 31.3 Å². The van der Waals surface area contributed by atoms with Crippen LogP contribution in [-0.2, 0) is 27.8 Å². The largest absolute Gasteiger partial charge is 0.506 e. The number of phenolic OH excluding ortho intramolecular Hbond substituents is 1. The number of nitrogens with one attached hydrogen (secondary N) is 2. The van der Waals surface area contributed by atoms with Gasteiger partial charge in [-0.15, -0.1) is 0 Å². The first-order valence-electron chi connectivity index (χ1n) is 11.3. The van der Waals surface area contributed by atoms with Gasteiger partial charge in [0, 0.05) is 6.54 Å². The summed E-state index contributed by atoms with van der Waals surface area (Å²) in [6, 6.07) is 22.2. The lowest BCUT2D eigenvalue weighted by Crippen LogP contribution is -2.24. The van der Waals surface area contributed by atoms with Crippen molar-refractivity contribution in [1.29, 1.82) is 0 Å². The second kappa shape index (κ2) is 13.1. The van der Waals surface area contributed by atoms with Gasteiger partial charge in [-0.05, 0) is 53.9 Å². The minimum atomic E-state index is -3.54. The van der Waals surface area contributed by atoms with E-state index in [0.717, 1.165) is 29.6 Å². The van der Waals surface area contributed by atoms with Gasteiger partial charge in [-0.2, -0.15) is 0 Å². The zero-order valence-electron chi connectivity index (χ0n) is 19.7. The molecule has 0 aliphatic heterocycles. The molecular formula is C26H32N2O6S. The Kier molecular flexibility index (Phi) is 9.92. The van der Waals surface area contributed by atoms with Gasteiger partial charge >= 0.3 is 0 Å². The number of aliphatic hydroxyl groups is 1. The van der Waals surface area contributed by atoms with Crippen molar-refractivity contribution in [1.82, 2.24) is 5.32 Å². The van der Waals surface area contributed by atoms with Crippen LogP contribution in [0.2, 0.25) is 0 Å². The van der Waals surface area contributed by atoms with Crippen LogP contribution in [-0.4, -0.2) is 51.2 Å². The molecule has 8 nitrogen and oxygen atoms in total. The predicted octanol–water partition coefficient (Wildman–Crippen LogP) is 3.23. The van der Waals surface area contributed by atoms with Crippen LogP contribution in [0.4, 0.5) is 5.69 Å². The van der Waals surface area contributed by atoms with Gasteiger partial charge in [0.1, 0.15) is 18.1 Å². The molecule has 9 heteroatoms. The van der Waals surface area contributed by atoms with Gasteiger partial charge in [0.25, 0.3) is 0 Å². The monoisotopic (exact) mass is 500 g/mol. The van der Waals surface area contributed by atoms with Crippen molar-refractivity contribution in [2.75, 3.05) is 37.3 Å². The van der Waals surface area contributed by atoms with Gasteiger partial charge in [0.15, 0.2) is 0 Å². The Morgan fingerprint density at radius 3 is 2.40 bits per heavy atom. The van der Waals surface area contributed by atoms with E-state index in [2.05, 4.69) is 10.0 Å². The van der Waals surface area contributed by atoms with Gasteiger partial charge in [-0.3, -0.25) is 4.72 Å². The summed E-state index contributed by atoms with van der Waals surface area (Å²) in [6.45, 7) is 2.49. The number of hydrogen-bond donors (Lipinski definition) is 4. The molecule has 1 unspecified atom stereocenters. The Balaban J connectivity index is 1.34. The third kappa shape index (κ3) is 9.58. The van der Waals surface area contributed by atoms with Crippen molar-refractivity contribution in [3.8, 4) is 11.5 Å². The molecule has 188 valence electrons. The molecule has 0 radical (unpaired) electrons. The lowest BCUT2D eigenvalue weighted by atomic mass is 10.1. The highest BCUT2D eigenvalue weighted by atomic mass is 32.2. The fourth-order valence-electron chi connectivity index (χ4n) is 3.37. The molecule has 35 heavy (non-hydrogen) atoms. The lowest BCUT2D eigenvalue weighted by Gasteiger charge is -2.15. The van der Waals surface area contributed by atoms with E-state index >= 15 is 0 Å². The molecule has 0 aliphatic carbocycles. The van der Waals surface area contributed by atoms with E-state index in [4.69, 9.17) is 9.47 Å². The molecule has 0 fully saturated rings. The Morgan fingerprint density at radius 2 is 1.69 bits per heavy atom. The first-order chi connectivity index (χ1) is 16.8. The van der Waals surface area contributed by atoms with E-state index < -0.39 is 16.1 Å². The maximum absolute atomic E-state index is 11.4. The van der Waals surface area contributed by atoms with Crippen LogP contribution < -0.4 is 14.8 Å². The van der Waals surface area contributed by atoms with Crippen molar-refractivity contribution in [2.24, 2.45) is 0 Å². The first-order valence-corrected chi connectivity index (χ1v) is 13.2. The van der Waals surface area contributed by atoms with Crippen molar-refractivity contribution < 1.29 is 28.1 Å². The van der Waals surface area contributed by atoms with Gasteiger partial charge < -0.3 is 25.0 Å². The molecule has 0 amide bonds. The van der Waals surface area contributed by atoms with Crippen molar-refractivity contribution in [3.63, 3.8) is 0 Å². The third-order valence-corrected chi connectivity index (χ3v) is 5.75. The second-order valence-electron chi connectivity index (χ2n) is 8.15. The average Bonchev–Trinajstić information content (AvgIpc) is 2.83. The van der Waals surface area contributed by atoms with E-state index in [1.807, 2.05) is 54.6 Å². The first kappa shape index (κ1) is 26.5. The maximum atomic E-state index is 11.4. The van der Waals surface area contributed by atoms with E-state index in [0.29, 0.717) is 31.9 Å². The minimum Gasteiger partial charge on any atom is -0.506 e. The van der Waals surface area contributed by atoms with Crippen molar-refractivity contribution in [3.05, 3.63) is 89.5 Å². The van der Waals surface area contributed by atoms with Gasteiger partial charge in [-0.1, -0.05) is 48.5 Å². The summed E-state index contributed by atoms with van der Waals surface area (Å²) in [6.07, 6.45) is 0.914. The fourth-order valence-corrected chi connectivity index (χ4v) is 3.93. The van der Waals surface area contributed by atoms with Crippen LogP contribution in [0.3, 0.4) is 0 Å².